The van der Waals surface area contributed by atoms with Gasteiger partial charge in [-0.05, 0) is 25.7 Å². The average Bonchev–Trinajstić information content (AvgIpc) is 3.69. The van der Waals surface area contributed by atoms with Crippen molar-refractivity contribution < 1.29 is 42.6 Å². The summed E-state index contributed by atoms with van der Waals surface area (Å²) in [7, 11) is 5.91. The SMILES string of the molecule is CON(C)C(=O)[C@@H]1OC2(CCCC2)O[C@H]1c1cocc1[C@@H]1OC2(CCCC2)O[C@H]1C(=O)N(C)OC. The highest BCUT2D eigenvalue weighted by Gasteiger charge is 2.57. The molecule has 0 aromatic carbocycles. The number of hydroxylamine groups is 4. The Bertz CT molecular complexity index is 865. The van der Waals surface area contributed by atoms with Crippen molar-refractivity contribution in [3.63, 3.8) is 0 Å². The van der Waals surface area contributed by atoms with Crippen LogP contribution in [-0.4, -0.2) is 74.0 Å². The molecule has 2 saturated heterocycles. The number of carbonyl (C=O) groups excluding carboxylic acids is 2. The van der Waals surface area contributed by atoms with Crippen LogP contribution in [0, 0.1) is 0 Å². The maximum Gasteiger partial charge on any atom is 0.278 e. The summed E-state index contributed by atoms with van der Waals surface area (Å²) < 4.78 is 31.1. The molecule has 4 fully saturated rings. The van der Waals surface area contributed by atoms with E-state index in [4.69, 9.17) is 33.0 Å². The predicted octanol–water partition coefficient (Wildman–Crippen LogP) is 2.77. The van der Waals surface area contributed by atoms with Gasteiger partial charge < -0.3 is 23.4 Å². The minimum Gasteiger partial charge on any atom is -0.472 e. The van der Waals surface area contributed by atoms with E-state index >= 15 is 0 Å². The van der Waals surface area contributed by atoms with Gasteiger partial charge in [-0.25, -0.2) is 10.1 Å². The van der Waals surface area contributed by atoms with E-state index in [1.54, 1.807) is 0 Å². The van der Waals surface area contributed by atoms with Gasteiger partial charge in [0.25, 0.3) is 11.8 Å². The summed E-state index contributed by atoms with van der Waals surface area (Å²) in [5.41, 5.74) is 1.19. The number of amides is 2. The first-order chi connectivity index (χ1) is 16.8. The van der Waals surface area contributed by atoms with Crippen LogP contribution in [0.15, 0.2) is 16.9 Å². The molecular formula is C24H34N2O9. The van der Waals surface area contributed by atoms with Crippen LogP contribution in [0.1, 0.15) is 74.7 Å². The third kappa shape index (κ3) is 4.28. The third-order valence-corrected chi connectivity index (χ3v) is 7.64. The molecule has 0 radical (unpaired) electrons. The van der Waals surface area contributed by atoms with Crippen LogP contribution in [0.4, 0.5) is 0 Å². The van der Waals surface area contributed by atoms with Crippen LogP contribution in [0.3, 0.4) is 0 Å². The second-order valence-corrected chi connectivity index (χ2v) is 9.71. The highest BCUT2D eigenvalue weighted by molar-refractivity contribution is 5.82. The summed E-state index contributed by atoms with van der Waals surface area (Å²) in [5, 5.41) is 2.27. The fourth-order valence-electron chi connectivity index (χ4n) is 5.66. The van der Waals surface area contributed by atoms with E-state index in [1.807, 2.05) is 0 Å². The maximum absolute atomic E-state index is 13.2. The molecule has 4 atom stereocenters. The van der Waals surface area contributed by atoms with Crippen molar-refractivity contribution in [1.29, 1.82) is 0 Å². The molecule has 0 bridgehead atoms. The Hall–Kier alpha value is -2.02. The molecule has 1 aromatic rings. The van der Waals surface area contributed by atoms with Crippen molar-refractivity contribution in [2.24, 2.45) is 0 Å². The Morgan fingerprint density at radius 1 is 0.743 bits per heavy atom. The Morgan fingerprint density at radius 2 is 1.11 bits per heavy atom. The van der Waals surface area contributed by atoms with Gasteiger partial charge in [-0.15, -0.1) is 0 Å². The van der Waals surface area contributed by atoms with Gasteiger partial charge in [-0.1, -0.05) is 0 Å². The molecule has 1 aromatic heterocycles. The second-order valence-electron chi connectivity index (χ2n) is 9.71. The quantitative estimate of drug-likeness (QED) is 0.552. The number of hydrogen-bond donors (Lipinski definition) is 0. The minimum atomic E-state index is -0.937. The van der Waals surface area contributed by atoms with Crippen LogP contribution in [0.2, 0.25) is 0 Å². The van der Waals surface area contributed by atoms with Gasteiger partial charge >= 0.3 is 0 Å². The first kappa shape index (κ1) is 24.7. The van der Waals surface area contributed by atoms with Crippen molar-refractivity contribution in [1.82, 2.24) is 10.1 Å². The number of nitrogens with zero attached hydrogens (tertiary/aromatic N) is 2. The molecule has 194 valence electrons. The summed E-state index contributed by atoms with van der Waals surface area (Å²) in [6.45, 7) is 0. The van der Waals surface area contributed by atoms with E-state index in [9.17, 15) is 9.59 Å². The Kier molecular flexibility index (Phi) is 6.66. The molecule has 2 saturated carbocycles. The van der Waals surface area contributed by atoms with Crippen molar-refractivity contribution in [3.05, 3.63) is 23.7 Å². The zero-order valence-corrected chi connectivity index (χ0v) is 20.7. The monoisotopic (exact) mass is 494 g/mol. The van der Waals surface area contributed by atoms with Gasteiger partial charge in [-0.2, -0.15) is 0 Å². The number of hydrogen-bond acceptors (Lipinski definition) is 9. The molecular weight excluding hydrogens is 460 g/mol. The molecule has 3 heterocycles. The van der Waals surface area contributed by atoms with E-state index < -0.39 is 36.0 Å². The van der Waals surface area contributed by atoms with Crippen LogP contribution in [0.5, 0.6) is 0 Å². The molecule has 2 aliphatic heterocycles. The van der Waals surface area contributed by atoms with Gasteiger partial charge in [0.2, 0.25) is 0 Å². The molecule has 2 aliphatic carbocycles. The van der Waals surface area contributed by atoms with Gasteiger partial charge in [0.15, 0.2) is 23.8 Å². The van der Waals surface area contributed by atoms with Crippen LogP contribution in [0.25, 0.3) is 0 Å². The molecule has 11 nitrogen and oxygen atoms in total. The molecule has 0 N–H and O–H groups in total. The highest BCUT2D eigenvalue weighted by Crippen LogP contribution is 2.52. The van der Waals surface area contributed by atoms with E-state index in [1.165, 1.54) is 40.8 Å². The molecule has 2 spiro atoms. The minimum absolute atomic E-state index is 0.365. The number of carbonyl (C=O) groups is 2. The van der Waals surface area contributed by atoms with E-state index in [-0.39, 0.29) is 11.8 Å². The number of likely N-dealkylation sites (N-methyl/N-ethyl adjacent to an activating group) is 2. The second kappa shape index (κ2) is 9.45. The van der Waals surface area contributed by atoms with Gasteiger partial charge in [0, 0.05) is 50.9 Å². The van der Waals surface area contributed by atoms with Crippen molar-refractivity contribution >= 4 is 11.8 Å². The maximum atomic E-state index is 13.2. The first-order valence-corrected chi connectivity index (χ1v) is 12.2. The summed E-state index contributed by atoms with van der Waals surface area (Å²) in [6, 6.07) is 0. The Morgan fingerprint density at radius 3 is 1.46 bits per heavy atom. The zero-order valence-electron chi connectivity index (χ0n) is 20.7. The van der Waals surface area contributed by atoms with Gasteiger partial charge in [0.05, 0.1) is 26.7 Å². The highest BCUT2D eigenvalue weighted by atomic mass is 16.8. The van der Waals surface area contributed by atoms with Gasteiger partial charge in [0.1, 0.15) is 12.2 Å². The number of rotatable bonds is 6. The van der Waals surface area contributed by atoms with Crippen LogP contribution in [-0.2, 0) is 38.2 Å². The molecule has 5 rings (SSSR count). The molecule has 4 aliphatic rings. The fraction of sp³-hybridized carbons (Fsp3) is 0.750. The molecule has 11 heteroatoms. The summed E-state index contributed by atoms with van der Waals surface area (Å²) in [4.78, 5) is 36.7. The largest absolute Gasteiger partial charge is 0.472 e. The lowest BCUT2D eigenvalue weighted by atomic mass is 9.96. The fourth-order valence-corrected chi connectivity index (χ4v) is 5.66. The Balaban J connectivity index is 1.50. The number of ether oxygens (including phenoxy) is 4. The zero-order chi connectivity index (χ0) is 24.8. The van der Waals surface area contributed by atoms with Crippen LogP contribution >= 0.6 is 0 Å². The molecule has 35 heavy (non-hydrogen) atoms. The summed E-state index contributed by atoms with van der Waals surface area (Å²) in [6.07, 6.45) is 6.28. The first-order valence-electron chi connectivity index (χ1n) is 12.2. The van der Waals surface area contributed by atoms with Gasteiger partial charge in [-0.3, -0.25) is 19.3 Å². The lowest BCUT2D eigenvalue weighted by Gasteiger charge is -2.24. The predicted molar refractivity (Wildman–Crippen MR) is 118 cm³/mol. The lowest BCUT2D eigenvalue weighted by molar-refractivity contribution is -0.194. The Labute approximate surface area is 204 Å². The van der Waals surface area contributed by atoms with Crippen molar-refractivity contribution in [3.8, 4) is 0 Å². The summed E-state index contributed by atoms with van der Waals surface area (Å²) in [5.74, 6) is -2.40. The smallest absolute Gasteiger partial charge is 0.278 e. The van der Waals surface area contributed by atoms with Crippen molar-refractivity contribution in [2.75, 3.05) is 28.3 Å². The molecule has 2 amide bonds. The lowest BCUT2D eigenvalue weighted by Crippen LogP contribution is -2.40. The van der Waals surface area contributed by atoms with E-state index in [2.05, 4.69) is 0 Å². The number of furan rings is 1. The third-order valence-electron chi connectivity index (χ3n) is 7.64. The molecule has 0 unspecified atom stereocenters. The van der Waals surface area contributed by atoms with E-state index in [0.717, 1.165) is 35.8 Å². The standard InChI is InChI=1S/C24H34N2O9/c1-25(29-3)21(27)19-17(32-23(34-19)9-5-6-10-23)15-13-31-14-16(15)18-20(22(28)26(2)30-4)35-24(33-18)11-7-8-12-24/h13-14,17-20H,5-12H2,1-4H3/t17-,18-,19+,20+/m0/s1. The average molecular weight is 495 g/mol. The summed E-state index contributed by atoms with van der Waals surface area (Å²) >= 11 is 0. The van der Waals surface area contributed by atoms with Crippen molar-refractivity contribution in [2.45, 2.75) is 87.4 Å². The van der Waals surface area contributed by atoms with Crippen LogP contribution < -0.4 is 0 Å². The topological polar surface area (TPSA) is 109 Å². The van der Waals surface area contributed by atoms with E-state index in [0.29, 0.717) is 36.8 Å². The normalized spacial score (nSPS) is 31.0.